The van der Waals surface area contributed by atoms with Gasteiger partial charge in [0, 0.05) is 0 Å². The molecule has 1 aliphatic rings. The summed E-state index contributed by atoms with van der Waals surface area (Å²) in [5.41, 5.74) is 3.64. The molecule has 0 saturated heterocycles. The molecule has 5 nitrogen and oxygen atoms in total. The van der Waals surface area contributed by atoms with E-state index in [0.717, 1.165) is 19.3 Å². The van der Waals surface area contributed by atoms with Gasteiger partial charge in [-0.25, -0.2) is 4.90 Å². The number of unbranched alkanes of at least 4 members (excludes halogenated alkanes) is 1. The van der Waals surface area contributed by atoms with Gasteiger partial charge in [-0.05, 0) is 48.2 Å². The van der Waals surface area contributed by atoms with Crippen LogP contribution in [0, 0.1) is 0 Å². The van der Waals surface area contributed by atoms with Crippen molar-refractivity contribution in [2.75, 3.05) is 17.3 Å². The molecule has 162 valence electrons. The zero-order valence-electron chi connectivity index (χ0n) is 18.3. The third-order valence-electron chi connectivity index (χ3n) is 5.53. The number of methoxy groups -OCH3 is 1. The van der Waals surface area contributed by atoms with Crippen LogP contribution in [0.1, 0.15) is 30.9 Å². The summed E-state index contributed by atoms with van der Waals surface area (Å²) >= 11 is 0. The monoisotopic (exact) mass is 426 g/mol. The Balaban J connectivity index is 1.73. The van der Waals surface area contributed by atoms with Crippen LogP contribution in [0.5, 0.6) is 5.75 Å². The molecule has 2 amide bonds. The number of benzene rings is 3. The molecule has 0 spiro atoms. The minimum Gasteiger partial charge on any atom is -0.495 e. The Morgan fingerprint density at radius 3 is 2.22 bits per heavy atom. The first-order chi connectivity index (χ1) is 15.6. The van der Waals surface area contributed by atoms with Gasteiger partial charge in [-0.2, -0.15) is 0 Å². The van der Waals surface area contributed by atoms with Crippen LogP contribution in [-0.2, 0) is 16.0 Å². The summed E-state index contributed by atoms with van der Waals surface area (Å²) in [4.78, 5) is 28.2. The molecule has 0 radical (unpaired) electrons. The van der Waals surface area contributed by atoms with Crippen molar-refractivity contribution in [1.29, 1.82) is 0 Å². The largest absolute Gasteiger partial charge is 0.495 e. The van der Waals surface area contributed by atoms with Gasteiger partial charge in [0.25, 0.3) is 11.8 Å². The summed E-state index contributed by atoms with van der Waals surface area (Å²) in [6.07, 6.45) is 3.20. The second kappa shape index (κ2) is 9.52. The van der Waals surface area contributed by atoms with E-state index in [9.17, 15) is 9.59 Å². The lowest BCUT2D eigenvalue weighted by Gasteiger charge is -2.16. The number of carbonyl (C=O) groups excluding carboxylic acids is 2. The molecule has 0 unspecified atom stereocenters. The van der Waals surface area contributed by atoms with Crippen molar-refractivity contribution in [2.24, 2.45) is 0 Å². The molecule has 0 saturated carbocycles. The molecule has 1 N–H and O–H groups in total. The summed E-state index contributed by atoms with van der Waals surface area (Å²) in [5.74, 6) is -0.146. The number of nitrogens with one attached hydrogen (secondary N) is 1. The fourth-order valence-corrected chi connectivity index (χ4v) is 3.83. The van der Waals surface area contributed by atoms with Crippen LogP contribution in [0.4, 0.5) is 11.4 Å². The molecule has 0 aliphatic carbocycles. The number of anilines is 2. The molecule has 0 bridgehead atoms. The molecule has 1 aliphatic heterocycles. The minimum absolute atomic E-state index is 0.237. The SMILES string of the molecule is CCCCc1ccc(N2C(=O)C(Nc3ccccc3OC)=C(c3ccccc3)C2=O)cc1. The van der Waals surface area contributed by atoms with E-state index in [-0.39, 0.29) is 17.5 Å². The smallest absolute Gasteiger partial charge is 0.282 e. The fraction of sp³-hybridized carbons (Fsp3) is 0.185. The van der Waals surface area contributed by atoms with Crippen molar-refractivity contribution >= 4 is 28.8 Å². The van der Waals surface area contributed by atoms with Gasteiger partial charge in [0.15, 0.2) is 0 Å². The van der Waals surface area contributed by atoms with Crippen LogP contribution in [-0.4, -0.2) is 18.9 Å². The first-order valence-corrected chi connectivity index (χ1v) is 10.8. The molecule has 5 heteroatoms. The molecule has 0 atom stereocenters. The Bertz CT molecular complexity index is 1150. The predicted octanol–water partition coefficient (Wildman–Crippen LogP) is 5.43. The highest BCUT2D eigenvalue weighted by Crippen LogP contribution is 2.35. The lowest BCUT2D eigenvalue weighted by atomic mass is 10.0. The lowest BCUT2D eigenvalue weighted by Crippen LogP contribution is -2.32. The highest BCUT2D eigenvalue weighted by Gasteiger charge is 2.40. The van der Waals surface area contributed by atoms with E-state index >= 15 is 0 Å². The normalized spacial score (nSPS) is 13.6. The fourth-order valence-electron chi connectivity index (χ4n) is 3.83. The summed E-state index contributed by atoms with van der Waals surface area (Å²) in [5, 5.41) is 3.17. The van der Waals surface area contributed by atoms with Crippen molar-refractivity contribution in [1.82, 2.24) is 0 Å². The van der Waals surface area contributed by atoms with Crippen molar-refractivity contribution in [3.05, 3.63) is 95.7 Å². The Morgan fingerprint density at radius 1 is 0.844 bits per heavy atom. The maximum atomic E-state index is 13.5. The van der Waals surface area contributed by atoms with Gasteiger partial charge < -0.3 is 10.1 Å². The number of aryl methyl sites for hydroxylation is 1. The van der Waals surface area contributed by atoms with Crippen LogP contribution >= 0.6 is 0 Å². The molecule has 4 rings (SSSR count). The Morgan fingerprint density at radius 2 is 1.53 bits per heavy atom. The van der Waals surface area contributed by atoms with Gasteiger partial charge in [-0.3, -0.25) is 9.59 Å². The zero-order valence-corrected chi connectivity index (χ0v) is 18.3. The van der Waals surface area contributed by atoms with E-state index in [0.29, 0.717) is 28.3 Å². The summed E-state index contributed by atoms with van der Waals surface area (Å²) in [6.45, 7) is 2.16. The third-order valence-corrected chi connectivity index (χ3v) is 5.53. The Hall–Kier alpha value is -3.86. The van der Waals surface area contributed by atoms with Gasteiger partial charge in [0.2, 0.25) is 0 Å². The molecular formula is C27H26N2O3. The van der Waals surface area contributed by atoms with Crippen LogP contribution < -0.4 is 15.0 Å². The number of carbonyl (C=O) groups is 2. The molecule has 0 fully saturated rings. The Labute approximate surface area is 188 Å². The Kier molecular flexibility index (Phi) is 6.36. The summed E-state index contributed by atoms with van der Waals surface area (Å²) in [6, 6.07) is 24.2. The van der Waals surface area contributed by atoms with E-state index < -0.39 is 0 Å². The van der Waals surface area contributed by atoms with E-state index in [1.54, 1.807) is 13.2 Å². The maximum absolute atomic E-state index is 13.5. The van der Waals surface area contributed by atoms with Crippen molar-refractivity contribution in [3.63, 3.8) is 0 Å². The van der Waals surface area contributed by atoms with E-state index in [1.807, 2.05) is 72.8 Å². The van der Waals surface area contributed by atoms with Crippen LogP contribution in [0.3, 0.4) is 0 Å². The quantitative estimate of drug-likeness (QED) is 0.488. The number of ether oxygens (including phenoxy) is 1. The molecule has 0 aromatic heterocycles. The molecule has 32 heavy (non-hydrogen) atoms. The van der Waals surface area contributed by atoms with E-state index in [1.165, 1.54) is 10.5 Å². The molecular weight excluding hydrogens is 400 g/mol. The maximum Gasteiger partial charge on any atom is 0.282 e. The molecule has 1 heterocycles. The topological polar surface area (TPSA) is 58.6 Å². The van der Waals surface area contributed by atoms with E-state index in [2.05, 4.69) is 12.2 Å². The number of hydrogen-bond donors (Lipinski definition) is 1. The lowest BCUT2D eigenvalue weighted by molar-refractivity contribution is -0.120. The number of hydrogen-bond acceptors (Lipinski definition) is 4. The number of amides is 2. The zero-order chi connectivity index (χ0) is 22.5. The van der Waals surface area contributed by atoms with Crippen molar-refractivity contribution in [2.45, 2.75) is 26.2 Å². The second-order valence-corrected chi connectivity index (χ2v) is 7.66. The van der Waals surface area contributed by atoms with Gasteiger partial charge in [-0.1, -0.05) is 67.9 Å². The number of nitrogens with zero attached hydrogens (tertiary/aromatic N) is 1. The van der Waals surface area contributed by atoms with E-state index in [4.69, 9.17) is 4.74 Å². The second-order valence-electron chi connectivity index (χ2n) is 7.66. The first-order valence-electron chi connectivity index (χ1n) is 10.8. The van der Waals surface area contributed by atoms with Gasteiger partial charge in [0.1, 0.15) is 11.4 Å². The number of rotatable bonds is 8. The minimum atomic E-state index is -0.388. The summed E-state index contributed by atoms with van der Waals surface area (Å²) in [7, 11) is 1.57. The third kappa shape index (κ3) is 4.14. The number of imide groups is 1. The van der Waals surface area contributed by atoms with Gasteiger partial charge >= 0.3 is 0 Å². The summed E-state index contributed by atoms with van der Waals surface area (Å²) < 4.78 is 5.42. The van der Waals surface area contributed by atoms with Crippen LogP contribution in [0.25, 0.3) is 5.57 Å². The van der Waals surface area contributed by atoms with Crippen LogP contribution in [0.2, 0.25) is 0 Å². The van der Waals surface area contributed by atoms with Crippen LogP contribution in [0.15, 0.2) is 84.6 Å². The van der Waals surface area contributed by atoms with Crippen molar-refractivity contribution in [3.8, 4) is 5.75 Å². The highest BCUT2D eigenvalue weighted by atomic mass is 16.5. The van der Waals surface area contributed by atoms with Gasteiger partial charge in [0.05, 0.1) is 24.1 Å². The first kappa shape index (κ1) is 21.4. The number of para-hydroxylation sites is 2. The van der Waals surface area contributed by atoms with Crippen molar-refractivity contribution < 1.29 is 14.3 Å². The molecule has 3 aromatic rings. The van der Waals surface area contributed by atoms with Gasteiger partial charge in [-0.15, -0.1) is 0 Å². The average molecular weight is 427 g/mol. The highest BCUT2D eigenvalue weighted by molar-refractivity contribution is 6.46. The average Bonchev–Trinajstić information content (AvgIpc) is 3.08. The standard InChI is InChI=1S/C27H26N2O3/c1-3-4-10-19-15-17-21(18-16-19)29-26(30)24(20-11-6-5-7-12-20)25(27(29)31)28-22-13-8-9-14-23(22)32-2/h5-9,11-18,28H,3-4,10H2,1-2H3. The molecule has 3 aromatic carbocycles. The predicted molar refractivity (Wildman–Crippen MR) is 128 cm³/mol.